The van der Waals surface area contributed by atoms with Crippen LogP contribution in [0.3, 0.4) is 0 Å². The Morgan fingerprint density at radius 1 is 1.12 bits per heavy atom. The molecule has 24 heavy (non-hydrogen) atoms. The summed E-state index contributed by atoms with van der Waals surface area (Å²) in [5.41, 5.74) is 4.06. The first-order valence-electron chi connectivity index (χ1n) is 7.86. The van der Waals surface area contributed by atoms with Gasteiger partial charge in [-0.05, 0) is 48.2 Å². The second kappa shape index (κ2) is 5.72. The molecule has 5 nitrogen and oxygen atoms in total. The highest BCUT2D eigenvalue weighted by Crippen LogP contribution is 2.33. The molecule has 2 heterocycles. The summed E-state index contributed by atoms with van der Waals surface area (Å²) in [5, 5.41) is 18.2. The fourth-order valence-electron chi connectivity index (χ4n) is 3.18. The molecule has 4 rings (SSSR count). The highest BCUT2D eigenvalue weighted by atomic mass is 16.3. The zero-order chi connectivity index (χ0) is 16.5. The van der Waals surface area contributed by atoms with E-state index in [1.807, 2.05) is 36.4 Å². The molecule has 3 aromatic rings. The van der Waals surface area contributed by atoms with Gasteiger partial charge >= 0.3 is 0 Å². The van der Waals surface area contributed by atoms with E-state index in [2.05, 4.69) is 17.2 Å². The average molecular weight is 314 g/mol. The van der Waals surface area contributed by atoms with Crippen molar-refractivity contribution < 1.29 is 4.42 Å². The number of aromatic nitrogens is 1. The van der Waals surface area contributed by atoms with Crippen molar-refractivity contribution in [1.29, 1.82) is 10.5 Å². The molecule has 1 unspecified atom stereocenters. The summed E-state index contributed by atoms with van der Waals surface area (Å²) in [6, 6.07) is 15.4. The first-order valence-corrected chi connectivity index (χ1v) is 7.86. The van der Waals surface area contributed by atoms with Gasteiger partial charge in [-0.15, -0.1) is 0 Å². The van der Waals surface area contributed by atoms with E-state index in [1.165, 1.54) is 0 Å². The first-order chi connectivity index (χ1) is 11.8. The Morgan fingerprint density at radius 3 is 2.83 bits per heavy atom. The lowest BCUT2D eigenvalue weighted by molar-refractivity contribution is 0.314. The van der Waals surface area contributed by atoms with E-state index in [0.717, 1.165) is 36.0 Å². The summed E-state index contributed by atoms with van der Waals surface area (Å²) in [5.74, 6) is 0.604. The molecule has 1 fully saturated rings. The van der Waals surface area contributed by atoms with Crippen molar-refractivity contribution >= 4 is 11.1 Å². The molecule has 1 aliphatic heterocycles. The fraction of sp³-hybridized carbons (Fsp3) is 0.211. The van der Waals surface area contributed by atoms with Crippen molar-refractivity contribution in [2.24, 2.45) is 0 Å². The summed E-state index contributed by atoms with van der Waals surface area (Å²) >= 11 is 0. The molecule has 1 aliphatic rings. The smallest absolute Gasteiger partial charge is 0.218 e. The van der Waals surface area contributed by atoms with Gasteiger partial charge in [-0.1, -0.05) is 18.2 Å². The second-order valence-electron chi connectivity index (χ2n) is 5.88. The number of likely N-dealkylation sites (tertiary alicyclic amines) is 1. The Morgan fingerprint density at radius 2 is 2.00 bits per heavy atom. The third-order valence-corrected chi connectivity index (χ3v) is 4.40. The molecule has 0 bridgehead atoms. The monoisotopic (exact) mass is 314 g/mol. The second-order valence-corrected chi connectivity index (χ2v) is 5.88. The lowest BCUT2D eigenvalue weighted by atomic mass is 10.0. The van der Waals surface area contributed by atoms with Crippen LogP contribution in [-0.4, -0.2) is 16.4 Å². The van der Waals surface area contributed by atoms with Gasteiger partial charge in [0.1, 0.15) is 11.6 Å². The van der Waals surface area contributed by atoms with E-state index in [1.54, 1.807) is 11.0 Å². The number of nitriles is 2. The van der Waals surface area contributed by atoms with Gasteiger partial charge in [-0.25, -0.2) is 4.98 Å². The van der Waals surface area contributed by atoms with Gasteiger partial charge in [0, 0.05) is 6.54 Å². The van der Waals surface area contributed by atoms with E-state index in [0.29, 0.717) is 17.0 Å². The van der Waals surface area contributed by atoms with Crippen LogP contribution in [0.4, 0.5) is 0 Å². The van der Waals surface area contributed by atoms with Gasteiger partial charge in [0.2, 0.25) is 5.89 Å². The maximum absolute atomic E-state index is 9.19. The summed E-state index contributed by atoms with van der Waals surface area (Å²) in [7, 11) is 0. The molecule has 1 aromatic heterocycles. The standard InChI is InChI=1S/C19H14N4O/c20-11-13-3-1-4-14(9-13)15-6-7-16-18(10-15)24-19(22-16)17-5-2-8-23(17)12-21/h1,3-4,6-7,9-10,17H,2,5,8H2. The molecule has 116 valence electrons. The molecule has 2 aromatic carbocycles. The minimum atomic E-state index is -0.0623. The maximum Gasteiger partial charge on any atom is 0.218 e. The molecular weight excluding hydrogens is 300 g/mol. The van der Waals surface area contributed by atoms with Crippen LogP contribution in [0.15, 0.2) is 46.9 Å². The average Bonchev–Trinajstić information content (AvgIpc) is 3.26. The molecule has 0 saturated carbocycles. The van der Waals surface area contributed by atoms with Crippen LogP contribution in [0.2, 0.25) is 0 Å². The van der Waals surface area contributed by atoms with Crippen LogP contribution < -0.4 is 0 Å². The molecular formula is C19H14N4O. The Balaban J connectivity index is 1.74. The Labute approximate surface area is 139 Å². The molecule has 5 heteroatoms. The van der Waals surface area contributed by atoms with Gasteiger partial charge in [-0.2, -0.15) is 10.5 Å². The van der Waals surface area contributed by atoms with Crippen LogP contribution >= 0.6 is 0 Å². The number of oxazole rings is 1. The fourth-order valence-corrected chi connectivity index (χ4v) is 3.18. The molecule has 0 radical (unpaired) electrons. The minimum absolute atomic E-state index is 0.0623. The molecule has 0 amide bonds. The maximum atomic E-state index is 9.19. The molecule has 0 spiro atoms. The van der Waals surface area contributed by atoms with Gasteiger partial charge in [0.25, 0.3) is 0 Å². The zero-order valence-corrected chi connectivity index (χ0v) is 12.9. The third-order valence-electron chi connectivity index (χ3n) is 4.40. The van der Waals surface area contributed by atoms with E-state index < -0.39 is 0 Å². The largest absolute Gasteiger partial charge is 0.438 e. The van der Waals surface area contributed by atoms with E-state index >= 15 is 0 Å². The number of rotatable bonds is 2. The van der Waals surface area contributed by atoms with E-state index in [9.17, 15) is 5.26 Å². The number of fused-ring (bicyclic) bond motifs is 1. The van der Waals surface area contributed by atoms with Crippen molar-refractivity contribution in [3.63, 3.8) is 0 Å². The summed E-state index contributed by atoms with van der Waals surface area (Å²) in [4.78, 5) is 6.27. The van der Waals surface area contributed by atoms with Crippen molar-refractivity contribution in [2.75, 3.05) is 6.54 Å². The van der Waals surface area contributed by atoms with Gasteiger partial charge in [0.15, 0.2) is 11.8 Å². The van der Waals surface area contributed by atoms with Crippen molar-refractivity contribution in [3.8, 4) is 23.4 Å². The number of benzene rings is 2. The predicted octanol–water partition coefficient (Wildman–Crippen LogP) is 3.98. The lowest BCUT2D eigenvalue weighted by Gasteiger charge is -2.13. The third kappa shape index (κ3) is 2.37. The van der Waals surface area contributed by atoms with Crippen LogP contribution in [0.5, 0.6) is 0 Å². The number of hydrogen-bond acceptors (Lipinski definition) is 5. The van der Waals surface area contributed by atoms with Crippen LogP contribution in [0.1, 0.15) is 30.3 Å². The Bertz CT molecular complexity index is 993. The number of nitrogens with zero attached hydrogens (tertiary/aromatic N) is 4. The van der Waals surface area contributed by atoms with Crippen LogP contribution in [0.25, 0.3) is 22.2 Å². The van der Waals surface area contributed by atoms with E-state index in [4.69, 9.17) is 9.68 Å². The Kier molecular flexibility index (Phi) is 3.40. The van der Waals surface area contributed by atoms with Crippen molar-refractivity contribution in [2.45, 2.75) is 18.9 Å². The lowest BCUT2D eigenvalue weighted by Crippen LogP contribution is -2.17. The summed E-state index contributed by atoms with van der Waals surface area (Å²) in [6.45, 7) is 0.756. The predicted molar refractivity (Wildman–Crippen MR) is 88.5 cm³/mol. The van der Waals surface area contributed by atoms with Gasteiger partial charge in [0.05, 0.1) is 11.6 Å². The minimum Gasteiger partial charge on any atom is -0.438 e. The van der Waals surface area contributed by atoms with Crippen LogP contribution in [0, 0.1) is 22.8 Å². The quantitative estimate of drug-likeness (QED) is 0.668. The van der Waals surface area contributed by atoms with E-state index in [-0.39, 0.29) is 6.04 Å². The highest BCUT2D eigenvalue weighted by Gasteiger charge is 2.29. The van der Waals surface area contributed by atoms with Crippen LogP contribution in [-0.2, 0) is 0 Å². The highest BCUT2D eigenvalue weighted by molar-refractivity contribution is 5.80. The first kappa shape index (κ1) is 14.3. The molecule has 1 saturated heterocycles. The van der Waals surface area contributed by atoms with Gasteiger partial charge in [-0.3, -0.25) is 4.90 Å². The topological polar surface area (TPSA) is 76.8 Å². The summed E-state index contributed by atoms with van der Waals surface area (Å²) < 4.78 is 5.93. The molecule has 0 N–H and O–H groups in total. The van der Waals surface area contributed by atoms with Gasteiger partial charge < -0.3 is 4.42 Å². The number of hydrogen-bond donors (Lipinski definition) is 0. The van der Waals surface area contributed by atoms with Crippen molar-refractivity contribution in [1.82, 2.24) is 9.88 Å². The summed E-state index contributed by atoms with van der Waals surface area (Å²) in [6.07, 6.45) is 4.07. The SMILES string of the molecule is N#Cc1cccc(-c2ccc3nc(C4CCCN4C#N)oc3c2)c1. The zero-order valence-electron chi connectivity index (χ0n) is 12.9. The Hall–Kier alpha value is -3.31. The van der Waals surface area contributed by atoms with Crippen molar-refractivity contribution in [3.05, 3.63) is 53.9 Å². The molecule has 1 atom stereocenters. The normalized spacial score (nSPS) is 16.9. The molecule has 0 aliphatic carbocycles.